The second-order valence-corrected chi connectivity index (χ2v) is 7.12. The van der Waals surface area contributed by atoms with Gasteiger partial charge in [-0.25, -0.2) is 0 Å². The fourth-order valence-corrected chi connectivity index (χ4v) is 3.49. The number of benzene rings is 2. The molecule has 0 aliphatic carbocycles. The standard InChI is InChI=1S/C18H14N2O5S2/c1-25-14-7-10(5-6-13(14)22)8-15-17(24)20(18(26)27-15)19-16(23)11-3-2-4-12(21)9-11/h2-9,21-22H,1H3,(H,19,23). The summed E-state index contributed by atoms with van der Waals surface area (Å²) < 4.78 is 5.22. The van der Waals surface area contributed by atoms with E-state index in [1.54, 1.807) is 18.2 Å². The molecule has 2 aromatic rings. The van der Waals surface area contributed by atoms with Gasteiger partial charge < -0.3 is 14.9 Å². The molecule has 3 N–H and O–H groups in total. The van der Waals surface area contributed by atoms with E-state index < -0.39 is 11.8 Å². The lowest BCUT2D eigenvalue weighted by molar-refractivity contribution is -0.123. The van der Waals surface area contributed by atoms with Crippen LogP contribution in [0.1, 0.15) is 15.9 Å². The Kier molecular flexibility index (Phi) is 5.33. The van der Waals surface area contributed by atoms with Crippen molar-refractivity contribution in [1.82, 2.24) is 10.4 Å². The Hall–Kier alpha value is -3.04. The first-order valence-corrected chi connectivity index (χ1v) is 8.86. The lowest BCUT2D eigenvalue weighted by atomic mass is 10.2. The Bertz CT molecular complexity index is 974. The molecule has 0 aromatic heterocycles. The van der Waals surface area contributed by atoms with Crippen molar-refractivity contribution < 1.29 is 24.5 Å². The number of ether oxygens (including phenoxy) is 1. The summed E-state index contributed by atoms with van der Waals surface area (Å²) in [6.45, 7) is 0. The first-order valence-electron chi connectivity index (χ1n) is 7.64. The number of phenolic OH excluding ortho intramolecular Hbond substituents is 2. The van der Waals surface area contributed by atoms with E-state index >= 15 is 0 Å². The van der Waals surface area contributed by atoms with Crippen LogP contribution in [0.2, 0.25) is 0 Å². The monoisotopic (exact) mass is 402 g/mol. The van der Waals surface area contributed by atoms with E-state index in [4.69, 9.17) is 17.0 Å². The fourth-order valence-electron chi connectivity index (χ4n) is 2.31. The number of hydrogen-bond donors (Lipinski definition) is 3. The Morgan fingerprint density at radius 3 is 2.74 bits per heavy atom. The van der Waals surface area contributed by atoms with E-state index in [2.05, 4.69) is 5.43 Å². The van der Waals surface area contributed by atoms with Crippen LogP contribution in [0.4, 0.5) is 0 Å². The van der Waals surface area contributed by atoms with Crippen molar-refractivity contribution in [3.63, 3.8) is 0 Å². The molecule has 1 aliphatic heterocycles. The Balaban J connectivity index is 1.79. The summed E-state index contributed by atoms with van der Waals surface area (Å²) in [6, 6.07) is 10.4. The second-order valence-electron chi connectivity index (χ2n) is 5.44. The minimum atomic E-state index is -0.574. The number of hydrogen-bond acceptors (Lipinski definition) is 7. The maximum Gasteiger partial charge on any atom is 0.285 e. The number of phenols is 2. The lowest BCUT2D eigenvalue weighted by Gasteiger charge is -2.15. The summed E-state index contributed by atoms with van der Waals surface area (Å²) in [7, 11) is 1.43. The fraction of sp³-hybridized carbons (Fsp3) is 0.0556. The Morgan fingerprint density at radius 2 is 2.04 bits per heavy atom. The zero-order valence-electron chi connectivity index (χ0n) is 14.0. The zero-order chi connectivity index (χ0) is 19.6. The van der Waals surface area contributed by atoms with Crippen molar-refractivity contribution in [2.24, 2.45) is 0 Å². The molecule has 0 radical (unpaired) electrons. The summed E-state index contributed by atoms with van der Waals surface area (Å²) in [5, 5.41) is 20.1. The minimum absolute atomic E-state index is 0.0134. The first-order chi connectivity index (χ1) is 12.9. The van der Waals surface area contributed by atoms with Crippen LogP contribution in [0.5, 0.6) is 17.2 Å². The average molecular weight is 402 g/mol. The number of methoxy groups -OCH3 is 1. The number of nitrogens with zero attached hydrogens (tertiary/aromatic N) is 1. The number of rotatable bonds is 4. The van der Waals surface area contributed by atoms with Gasteiger partial charge in [0.05, 0.1) is 12.0 Å². The van der Waals surface area contributed by atoms with Gasteiger partial charge in [0, 0.05) is 5.56 Å². The van der Waals surface area contributed by atoms with E-state index in [1.165, 1.54) is 37.4 Å². The van der Waals surface area contributed by atoms with Crippen molar-refractivity contribution in [1.29, 1.82) is 0 Å². The van der Waals surface area contributed by atoms with Gasteiger partial charge in [-0.15, -0.1) is 0 Å². The molecule has 0 atom stereocenters. The van der Waals surface area contributed by atoms with Gasteiger partial charge in [-0.05, 0) is 54.2 Å². The van der Waals surface area contributed by atoms with Crippen LogP contribution in [0.25, 0.3) is 6.08 Å². The lowest BCUT2D eigenvalue weighted by Crippen LogP contribution is -2.44. The maximum absolute atomic E-state index is 12.6. The second kappa shape index (κ2) is 7.68. The Labute approximate surface area is 164 Å². The topological polar surface area (TPSA) is 99.1 Å². The quantitative estimate of drug-likeness (QED) is 0.534. The van der Waals surface area contributed by atoms with Crippen LogP contribution < -0.4 is 10.2 Å². The summed E-state index contributed by atoms with van der Waals surface area (Å²) in [4.78, 5) is 25.2. The number of aromatic hydroxyl groups is 2. The summed E-state index contributed by atoms with van der Waals surface area (Å²) in [5.74, 6) is -0.855. The average Bonchev–Trinajstić information content (AvgIpc) is 2.90. The van der Waals surface area contributed by atoms with Crippen LogP contribution in [-0.2, 0) is 4.79 Å². The molecule has 2 amide bonds. The highest BCUT2D eigenvalue weighted by atomic mass is 32.2. The number of thioether (sulfide) groups is 1. The van der Waals surface area contributed by atoms with Gasteiger partial charge >= 0.3 is 0 Å². The van der Waals surface area contributed by atoms with Crippen molar-refractivity contribution in [3.8, 4) is 17.2 Å². The van der Waals surface area contributed by atoms with Crippen molar-refractivity contribution in [2.75, 3.05) is 7.11 Å². The SMILES string of the molecule is COc1cc(C=C2SC(=S)N(NC(=O)c3cccc(O)c3)C2=O)ccc1O. The van der Waals surface area contributed by atoms with E-state index in [1.807, 2.05) is 0 Å². The molecule has 0 bridgehead atoms. The molecule has 138 valence electrons. The van der Waals surface area contributed by atoms with E-state index in [0.717, 1.165) is 16.8 Å². The van der Waals surface area contributed by atoms with Gasteiger partial charge in [-0.3, -0.25) is 15.0 Å². The van der Waals surface area contributed by atoms with Crippen LogP contribution >= 0.6 is 24.0 Å². The summed E-state index contributed by atoms with van der Waals surface area (Å²) >= 11 is 6.21. The number of amides is 2. The normalized spacial score (nSPS) is 15.3. The number of thiocarbonyl (C=S) groups is 1. The maximum atomic E-state index is 12.6. The van der Waals surface area contributed by atoms with Gasteiger partial charge in [-0.1, -0.05) is 23.9 Å². The highest BCUT2D eigenvalue weighted by Crippen LogP contribution is 2.33. The number of nitrogens with one attached hydrogen (secondary N) is 1. The van der Waals surface area contributed by atoms with Crippen LogP contribution in [-0.4, -0.2) is 38.5 Å². The molecule has 1 fully saturated rings. The van der Waals surface area contributed by atoms with Crippen LogP contribution in [0, 0.1) is 0 Å². The molecule has 1 heterocycles. The highest BCUT2D eigenvalue weighted by Gasteiger charge is 2.33. The smallest absolute Gasteiger partial charge is 0.285 e. The molecule has 1 saturated heterocycles. The molecule has 3 rings (SSSR count). The van der Waals surface area contributed by atoms with Crippen molar-refractivity contribution in [2.45, 2.75) is 0 Å². The van der Waals surface area contributed by atoms with Gasteiger partial charge in [0.15, 0.2) is 15.8 Å². The zero-order valence-corrected chi connectivity index (χ0v) is 15.6. The van der Waals surface area contributed by atoms with E-state index in [-0.39, 0.29) is 27.1 Å². The molecule has 0 saturated carbocycles. The van der Waals surface area contributed by atoms with Crippen LogP contribution in [0.15, 0.2) is 47.4 Å². The van der Waals surface area contributed by atoms with Gasteiger partial charge in [0.2, 0.25) is 0 Å². The third-order valence-corrected chi connectivity index (χ3v) is 4.92. The van der Waals surface area contributed by atoms with E-state index in [9.17, 15) is 19.8 Å². The van der Waals surface area contributed by atoms with Crippen LogP contribution in [0.3, 0.4) is 0 Å². The Morgan fingerprint density at radius 1 is 1.26 bits per heavy atom. The molecule has 0 unspecified atom stereocenters. The van der Waals surface area contributed by atoms with Crippen molar-refractivity contribution >= 4 is 46.2 Å². The molecule has 9 heteroatoms. The van der Waals surface area contributed by atoms with Gasteiger partial charge in [0.1, 0.15) is 5.75 Å². The summed E-state index contributed by atoms with van der Waals surface area (Å²) in [6.07, 6.45) is 1.59. The third kappa shape index (κ3) is 4.04. The molecule has 2 aromatic carbocycles. The molecular formula is C18H14N2O5S2. The number of hydrazine groups is 1. The predicted molar refractivity (Wildman–Crippen MR) is 105 cm³/mol. The number of carbonyl (C=O) groups is 2. The van der Waals surface area contributed by atoms with Gasteiger partial charge in [0.25, 0.3) is 11.8 Å². The highest BCUT2D eigenvalue weighted by molar-refractivity contribution is 8.26. The molecule has 27 heavy (non-hydrogen) atoms. The van der Waals surface area contributed by atoms with E-state index in [0.29, 0.717) is 10.5 Å². The van der Waals surface area contributed by atoms with Crippen molar-refractivity contribution in [3.05, 3.63) is 58.5 Å². The molecule has 0 spiro atoms. The largest absolute Gasteiger partial charge is 0.508 e. The molecule has 1 aliphatic rings. The summed E-state index contributed by atoms with van der Waals surface area (Å²) in [5.41, 5.74) is 3.26. The number of carbonyl (C=O) groups excluding carboxylic acids is 2. The predicted octanol–water partition coefficient (Wildman–Crippen LogP) is 2.65. The minimum Gasteiger partial charge on any atom is -0.508 e. The third-order valence-electron chi connectivity index (χ3n) is 3.62. The molecule has 7 nitrogen and oxygen atoms in total. The van der Waals surface area contributed by atoms with Gasteiger partial charge in [-0.2, -0.15) is 5.01 Å². The first kappa shape index (κ1) is 18.7. The molecular weight excluding hydrogens is 388 g/mol.